The number of hydrogen-bond acceptors (Lipinski definition) is 3. The SMILES string of the molecule is CCC(CC)N1CC2(C1)C(=O)N(C)c1cnc3cc(F)c(Br)cc3c12. The predicted octanol–water partition coefficient (Wildman–Crippen LogP) is 3.85. The molecule has 4 nitrogen and oxygen atoms in total. The van der Waals surface area contributed by atoms with E-state index in [4.69, 9.17) is 0 Å². The van der Waals surface area contributed by atoms with Crippen LogP contribution >= 0.6 is 15.9 Å². The molecule has 1 spiro atoms. The quantitative estimate of drug-likeness (QED) is 0.777. The first-order valence-corrected chi connectivity index (χ1v) is 9.52. The third kappa shape index (κ3) is 2.20. The number of hydrogen-bond donors (Lipinski definition) is 0. The van der Waals surface area contributed by atoms with Gasteiger partial charge in [-0.1, -0.05) is 13.8 Å². The molecule has 6 heteroatoms. The standard InChI is InChI=1S/C19H21BrFN3O/c1-4-11(5-2)24-9-19(10-24)17-12-6-13(20)14(21)7-15(12)22-8-16(17)23(3)18(19)25/h6-8,11H,4-5,9-10H2,1-3H3. The highest BCUT2D eigenvalue weighted by molar-refractivity contribution is 9.10. The Kier molecular flexibility index (Phi) is 3.88. The van der Waals surface area contributed by atoms with Crippen LogP contribution in [-0.4, -0.2) is 42.0 Å². The molecule has 0 N–H and O–H groups in total. The average Bonchev–Trinajstić information content (AvgIpc) is 2.79. The maximum atomic E-state index is 13.9. The molecule has 4 rings (SSSR count). The lowest BCUT2D eigenvalue weighted by molar-refractivity contribution is -0.130. The first-order valence-electron chi connectivity index (χ1n) is 8.73. The van der Waals surface area contributed by atoms with Crippen LogP contribution in [0.5, 0.6) is 0 Å². The van der Waals surface area contributed by atoms with E-state index in [1.807, 2.05) is 7.05 Å². The summed E-state index contributed by atoms with van der Waals surface area (Å²) in [5.41, 5.74) is 1.93. The zero-order chi connectivity index (χ0) is 17.9. The summed E-state index contributed by atoms with van der Waals surface area (Å²) < 4.78 is 14.3. The second kappa shape index (κ2) is 5.74. The van der Waals surface area contributed by atoms with Gasteiger partial charge in [-0.3, -0.25) is 14.7 Å². The van der Waals surface area contributed by atoms with Crippen molar-refractivity contribution in [1.82, 2.24) is 9.88 Å². The van der Waals surface area contributed by atoms with Crippen molar-refractivity contribution in [3.8, 4) is 0 Å². The molecule has 0 radical (unpaired) electrons. The second-order valence-electron chi connectivity index (χ2n) is 7.12. The van der Waals surface area contributed by atoms with Crippen LogP contribution in [0.25, 0.3) is 10.9 Å². The highest BCUT2D eigenvalue weighted by atomic mass is 79.9. The van der Waals surface area contributed by atoms with Crippen LogP contribution in [0.15, 0.2) is 22.8 Å². The summed E-state index contributed by atoms with van der Waals surface area (Å²) in [6.07, 6.45) is 3.87. The van der Waals surface area contributed by atoms with Crippen LogP contribution in [0.4, 0.5) is 10.1 Å². The molecule has 1 saturated heterocycles. The van der Waals surface area contributed by atoms with Crippen LogP contribution in [0.2, 0.25) is 0 Å². The van der Waals surface area contributed by atoms with Crippen molar-refractivity contribution in [2.45, 2.75) is 38.1 Å². The Labute approximate surface area is 155 Å². The highest BCUT2D eigenvalue weighted by Gasteiger charge is 2.58. The predicted molar refractivity (Wildman–Crippen MR) is 100 cm³/mol. The van der Waals surface area contributed by atoms with Gasteiger partial charge in [-0.2, -0.15) is 0 Å². The van der Waals surface area contributed by atoms with Crippen LogP contribution in [0, 0.1) is 5.82 Å². The minimum Gasteiger partial charge on any atom is -0.313 e. The van der Waals surface area contributed by atoms with Crippen LogP contribution in [0.3, 0.4) is 0 Å². The van der Waals surface area contributed by atoms with Gasteiger partial charge in [-0.05, 0) is 34.8 Å². The third-order valence-corrected chi connectivity index (χ3v) is 6.46. The first kappa shape index (κ1) is 16.9. The molecule has 1 amide bonds. The Bertz CT molecular complexity index is 875. The number of likely N-dealkylation sites (N-methyl/N-ethyl adjacent to an activating group) is 1. The van der Waals surface area contributed by atoms with E-state index in [0.717, 1.165) is 42.6 Å². The van der Waals surface area contributed by atoms with Crippen LogP contribution in [-0.2, 0) is 10.2 Å². The minimum atomic E-state index is -0.523. The largest absolute Gasteiger partial charge is 0.313 e. The zero-order valence-electron chi connectivity index (χ0n) is 14.6. The molecule has 1 aromatic carbocycles. The summed E-state index contributed by atoms with van der Waals surface area (Å²) in [5.74, 6) is -0.210. The summed E-state index contributed by atoms with van der Waals surface area (Å²) >= 11 is 3.28. The van der Waals surface area contributed by atoms with E-state index in [2.05, 4.69) is 39.7 Å². The molecule has 3 heterocycles. The Morgan fingerprint density at radius 2 is 2.00 bits per heavy atom. The number of nitrogens with zero attached hydrogens (tertiary/aromatic N) is 3. The smallest absolute Gasteiger partial charge is 0.240 e. The van der Waals surface area contributed by atoms with E-state index in [0.29, 0.717) is 16.0 Å². The molecule has 0 aliphatic carbocycles. The summed E-state index contributed by atoms with van der Waals surface area (Å²) in [7, 11) is 1.81. The molecule has 2 aromatic rings. The lowest BCUT2D eigenvalue weighted by Crippen LogP contribution is -2.65. The maximum Gasteiger partial charge on any atom is 0.240 e. The summed E-state index contributed by atoms with van der Waals surface area (Å²) in [6.45, 7) is 5.83. The van der Waals surface area contributed by atoms with Gasteiger partial charge in [0.2, 0.25) is 5.91 Å². The topological polar surface area (TPSA) is 36.4 Å². The zero-order valence-corrected chi connectivity index (χ0v) is 16.2. The molecule has 0 saturated carbocycles. The van der Waals surface area contributed by atoms with Gasteiger partial charge in [0.25, 0.3) is 0 Å². The monoisotopic (exact) mass is 405 g/mol. The van der Waals surface area contributed by atoms with Crippen molar-refractivity contribution < 1.29 is 9.18 Å². The summed E-state index contributed by atoms with van der Waals surface area (Å²) in [5, 5.41) is 0.868. The molecule has 25 heavy (non-hydrogen) atoms. The molecule has 1 fully saturated rings. The lowest BCUT2D eigenvalue weighted by Gasteiger charge is -2.50. The van der Waals surface area contributed by atoms with E-state index in [1.165, 1.54) is 6.07 Å². The number of benzene rings is 1. The minimum absolute atomic E-state index is 0.124. The number of pyridine rings is 1. The van der Waals surface area contributed by atoms with Crippen molar-refractivity contribution in [2.75, 3.05) is 25.0 Å². The van der Waals surface area contributed by atoms with Crippen molar-refractivity contribution in [2.24, 2.45) is 0 Å². The van der Waals surface area contributed by atoms with Crippen LogP contribution < -0.4 is 4.90 Å². The maximum absolute atomic E-state index is 13.9. The van der Waals surface area contributed by atoms with E-state index >= 15 is 0 Å². The normalized spacial score (nSPS) is 19.1. The lowest BCUT2D eigenvalue weighted by atomic mass is 9.72. The van der Waals surface area contributed by atoms with E-state index in [9.17, 15) is 9.18 Å². The van der Waals surface area contributed by atoms with Gasteiger partial charge in [0.15, 0.2) is 0 Å². The number of fused-ring (bicyclic) bond motifs is 4. The summed E-state index contributed by atoms with van der Waals surface area (Å²) in [6, 6.07) is 3.71. The van der Waals surface area contributed by atoms with Gasteiger partial charge < -0.3 is 4.90 Å². The molecule has 1 aromatic heterocycles. The number of carbonyl (C=O) groups excluding carboxylic acids is 1. The number of amides is 1. The number of likely N-dealkylation sites (tertiary alicyclic amines) is 1. The first-order chi connectivity index (χ1) is 11.9. The van der Waals surface area contributed by atoms with E-state index in [-0.39, 0.29) is 11.7 Å². The fourth-order valence-corrected chi connectivity index (χ4v) is 4.82. The molecule has 132 valence electrons. The van der Waals surface area contributed by atoms with Crippen LogP contribution in [0.1, 0.15) is 32.3 Å². The number of aromatic nitrogens is 1. The number of halogens is 2. The fraction of sp³-hybridized carbons (Fsp3) is 0.474. The molecule has 0 unspecified atom stereocenters. The van der Waals surface area contributed by atoms with Crippen molar-refractivity contribution in [3.05, 3.63) is 34.2 Å². The average molecular weight is 406 g/mol. The Balaban J connectivity index is 1.87. The molecule has 2 aliphatic rings. The van der Waals surface area contributed by atoms with Crippen molar-refractivity contribution >= 4 is 38.4 Å². The number of rotatable bonds is 3. The van der Waals surface area contributed by atoms with Gasteiger partial charge in [0.1, 0.15) is 11.2 Å². The number of carbonyl (C=O) groups is 1. The van der Waals surface area contributed by atoms with E-state index < -0.39 is 5.41 Å². The third-order valence-electron chi connectivity index (χ3n) is 5.85. The van der Waals surface area contributed by atoms with Crippen molar-refractivity contribution in [3.63, 3.8) is 0 Å². The fourth-order valence-electron chi connectivity index (χ4n) is 4.47. The van der Waals surface area contributed by atoms with E-state index in [1.54, 1.807) is 17.2 Å². The van der Waals surface area contributed by atoms with Gasteiger partial charge >= 0.3 is 0 Å². The van der Waals surface area contributed by atoms with Gasteiger partial charge in [0, 0.05) is 43.2 Å². The molecule has 2 aliphatic heterocycles. The summed E-state index contributed by atoms with van der Waals surface area (Å²) in [4.78, 5) is 21.6. The number of anilines is 1. The van der Waals surface area contributed by atoms with Gasteiger partial charge in [0.05, 0.1) is 21.9 Å². The molecular weight excluding hydrogens is 385 g/mol. The second-order valence-corrected chi connectivity index (χ2v) is 7.98. The highest BCUT2D eigenvalue weighted by Crippen LogP contribution is 2.50. The van der Waals surface area contributed by atoms with Gasteiger partial charge in [-0.15, -0.1) is 0 Å². The Morgan fingerprint density at radius 3 is 2.64 bits per heavy atom. The van der Waals surface area contributed by atoms with Crippen molar-refractivity contribution in [1.29, 1.82) is 0 Å². The van der Waals surface area contributed by atoms with Gasteiger partial charge in [-0.25, -0.2) is 4.39 Å². The Hall–Kier alpha value is -1.53. The Morgan fingerprint density at radius 1 is 1.32 bits per heavy atom. The molecule has 0 bridgehead atoms. The molecule has 0 atom stereocenters. The molecular formula is C19H21BrFN3O.